The molecule has 0 saturated heterocycles. The van der Waals surface area contributed by atoms with Crippen molar-refractivity contribution in [3.63, 3.8) is 0 Å². The van der Waals surface area contributed by atoms with Crippen LogP contribution in [0.15, 0.2) is 11.1 Å². The number of anilines is 1. The number of nitrogens with two attached hydrogens (primary N) is 1. The van der Waals surface area contributed by atoms with Crippen molar-refractivity contribution in [3.05, 3.63) is 16.7 Å². The Kier molecular flexibility index (Phi) is 3.56. The van der Waals surface area contributed by atoms with E-state index >= 15 is 0 Å². The van der Waals surface area contributed by atoms with E-state index in [9.17, 15) is 9.18 Å². The molecule has 0 fully saturated rings. The molecule has 7 nitrogen and oxygen atoms in total. The fourth-order valence-electron chi connectivity index (χ4n) is 1.67. The summed E-state index contributed by atoms with van der Waals surface area (Å²) in [6, 6.07) is 0. The van der Waals surface area contributed by atoms with Gasteiger partial charge in [-0.2, -0.15) is 4.98 Å². The minimum Gasteiger partial charge on any atom is -0.396 e. The fourth-order valence-corrected chi connectivity index (χ4v) is 1.67. The SMILES string of the molecule is Nc1nc2c(ncn2CC[C@H](CO)CF)c(=O)[nH]1. The third-order valence-electron chi connectivity index (χ3n) is 2.75. The maximum absolute atomic E-state index is 12.5. The largest absolute Gasteiger partial charge is 0.396 e. The molecule has 0 saturated carbocycles. The van der Waals surface area contributed by atoms with Crippen molar-refractivity contribution in [3.8, 4) is 0 Å². The summed E-state index contributed by atoms with van der Waals surface area (Å²) in [7, 11) is 0. The molecule has 0 aliphatic heterocycles. The molecule has 0 bridgehead atoms. The van der Waals surface area contributed by atoms with Gasteiger partial charge in [-0.15, -0.1) is 0 Å². The monoisotopic (exact) mass is 255 g/mol. The summed E-state index contributed by atoms with van der Waals surface area (Å²) in [5.41, 5.74) is 5.62. The number of hydrogen-bond acceptors (Lipinski definition) is 5. The van der Waals surface area contributed by atoms with Crippen molar-refractivity contribution in [2.45, 2.75) is 13.0 Å². The number of nitrogens with one attached hydrogen (secondary N) is 1. The molecule has 2 aromatic rings. The molecule has 0 spiro atoms. The van der Waals surface area contributed by atoms with Crippen LogP contribution in [0.25, 0.3) is 11.2 Å². The minimum atomic E-state index is -0.584. The lowest BCUT2D eigenvalue weighted by atomic mass is 10.1. The summed E-state index contributed by atoms with van der Waals surface area (Å²) >= 11 is 0. The van der Waals surface area contributed by atoms with Gasteiger partial charge in [0.25, 0.3) is 5.56 Å². The first-order valence-electron chi connectivity index (χ1n) is 5.53. The van der Waals surface area contributed by atoms with Crippen LogP contribution in [0.3, 0.4) is 0 Å². The second kappa shape index (κ2) is 5.13. The van der Waals surface area contributed by atoms with Gasteiger partial charge in [0, 0.05) is 19.1 Å². The molecular formula is C10H14FN5O2. The number of aromatic amines is 1. The number of imidazole rings is 1. The van der Waals surface area contributed by atoms with E-state index in [-0.39, 0.29) is 18.1 Å². The highest BCUT2D eigenvalue weighted by Gasteiger charge is 2.11. The molecule has 2 rings (SSSR count). The van der Waals surface area contributed by atoms with E-state index in [2.05, 4.69) is 15.0 Å². The highest BCUT2D eigenvalue weighted by atomic mass is 19.1. The number of aromatic nitrogens is 4. The van der Waals surface area contributed by atoms with Crippen molar-refractivity contribution in [2.24, 2.45) is 5.92 Å². The van der Waals surface area contributed by atoms with Crippen LogP contribution in [0.1, 0.15) is 6.42 Å². The van der Waals surface area contributed by atoms with Crippen molar-refractivity contribution in [1.82, 2.24) is 19.5 Å². The maximum atomic E-state index is 12.5. The summed E-state index contributed by atoms with van der Waals surface area (Å²) in [5.74, 6) is -0.403. The smallest absolute Gasteiger partial charge is 0.280 e. The first-order chi connectivity index (χ1) is 8.65. The van der Waals surface area contributed by atoms with Gasteiger partial charge in [0.15, 0.2) is 11.2 Å². The van der Waals surface area contributed by atoms with Crippen LogP contribution >= 0.6 is 0 Å². The van der Waals surface area contributed by atoms with Gasteiger partial charge in [-0.3, -0.25) is 14.2 Å². The third kappa shape index (κ3) is 2.33. The Balaban J connectivity index is 2.27. The standard InChI is InChI=1S/C10H14FN5O2/c11-3-6(4-17)1-2-16-5-13-7-8(16)14-10(12)15-9(7)18/h5-6,17H,1-4H2,(H3,12,14,15,18)/t6-/m0/s1. The minimum absolute atomic E-state index is 0.0125. The molecule has 0 aliphatic rings. The van der Waals surface area contributed by atoms with Gasteiger partial charge in [0.1, 0.15) is 0 Å². The number of aryl methyl sites for hydroxylation is 1. The molecule has 0 amide bonds. The molecular weight excluding hydrogens is 241 g/mol. The Morgan fingerprint density at radius 2 is 2.39 bits per heavy atom. The average molecular weight is 255 g/mol. The van der Waals surface area contributed by atoms with Gasteiger partial charge in [0.2, 0.25) is 5.95 Å². The number of rotatable bonds is 5. The van der Waals surface area contributed by atoms with Crippen LogP contribution in [-0.4, -0.2) is 37.9 Å². The van der Waals surface area contributed by atoms with E-state index in [1.807, 2.05) is 0 Å². The number of hydrogen-bond donors (Lipinski definition) is 3. The Bertz CT molecular complexity index is 589. The first-order valence-corrected chi connectivity index (χ1v) is 5.53. The Morgan fingerprint density at radius 1 is 1.61 bits per heavy atom. The van der Waals surface area contributed by atoms with E-state index in [4.69, 9.17) is 10.8 Å². The topological polar surface area (TPSA) is 110 Å². The summed E-state index contributed by atoms with van der Waals surface area (Å²) in [6.07, 6.45) is 1.89. The van der Waals surface area contributed by atoms with Gasteiger partial charge >= 0.3 is 0 Å². The van der Waals surface area contributed by atoms with E-state index < -0.39 is 18.2 Å². The second-order valence-electron chi connectivity index (χ2n) is 4.05. The zero-order valence-corrected chi connectivity index (χ0v) is 9.64. The molecule has 0 unspecified atom stereocenters. The molecule has 2 heterocycles. The van der Waals surface area contributed by atoms with Crippen molar-refractivity contribution in [2.75, 3.05) is 19.0 Å². The van der Waals surface area contributed by atoms with E-state index in [1.54, 1.807) is 4.57 Å². The predicted molar refractivity (Wildman–Crippen MR) is 63.7 cm³/mol. The lowest BCUT2D eigenvalue weighted by molar-refractivity contribution is 0.185. The summed E-state index contributed by atoms with van der Waals surface area (Å²) < 4.78 is 14.1. The van der Waals surface area contributed by atoms with Crippen LogP contribution in [-0.2, 0) is 6.54 Å². The van der Waals surface area contributed by atoms with Gasteiger partial charge in [-0.05, 0) is 6.42 Å². The Morgan fingerprint density at radius 3 is 3.06 bits per heavy atom. The van der Waals surface area contributed by atoms with E-state index in [0.29, 0.717) is 18.6 Å². The molecule has 0 radical (unpaired) electrons. The lowest BCUT2D eigenvalue weighted by Crippen LogP contribution is -2.14. The van der Waals surface area contributed by atoms with Crippen LogP contribution in [0.4, 0.5) is 10.3 Å². The number of halogens is 1. The fraction of sp³-hybridized carbons (Fsp3) is 0.500. The zero-order chi connectivity index (χ0) is 13.1. The van der Waals surface area contributed by atoms with Gasteiger partial charge < -0.3 is 15.4 Å². The summed E-state index contributed by atoms with van der Waals surface area (Å²) in [6.45, 7) is -0.375. The molecule has 1 atom stereocenters. The van der Waals surface area contributed by atoms with Crippen molar-refractivity contribution >= 4 is 17.1 Å². The second-order valence-corrected chi connectivity index (χ2v) is 4.05. The van der Waals surface area contributed by atoms with E-state index in [0.717, 1.165) is 0 Å². The number of nitrogens with zero attached hydrogens (tertiary/aromatic N) is 3. The van der Waals surface area contributed by atoms with Gasteiger partial charge in [-0.25, -0.2) is 4.98 Å². The highest BCUT2D eigenvalue weighted by molar-refractivity contribution is 5.70. The number of aliphatic hydroxyl groups is 1. The van der Waals surface area contributed by atoms with Crippen molar-refractivity contribution in [1.29, 1.82) is 0 Å². The van der Waals surface area contributed by atoms with Crippen LogP contribution in [0.5, 0.6) is 0 Å². The average Bonchev–Trinajstić information content (AvgIpc) is 2.74. The number of nitrogen functional groups attached to an aromatic ring is 1. The molecule has 98 valence electrons. The number of aliphatic hydroxyl groups excluding tert-OH is 1. The molecule has 2 aromatic heterocycles. The normalized spacial score (nSPS) is 13.0. The number of H-pyrrole nitrogens is 1. The van der Waals surface area contributed by atoms with E-state index in [1.165, 1.54) is 6.33 Å². The molecule has 8 heteroatoms. The zero-order valence-electron chi connectivity index (χ0n) is 9.64. The Hall–Kier alpha value is -1.96. The van der Waals surface area contributed by atoms with Crippen LogP contribution in [0, 0.1) is 5.92 Å². The highest BCUT2D eigenvalue weighted by Crippen LogP contribution is 2.10. The number of fused-ring (bicyclic) bond motifs is 1. The predicted octanol–water partition coefficient (Wildman–Crippen LogP) is -0.330. The molecule has 0 aromatic carbocycles. The third-order valence-corrected chi connectivity index (χ3v) is 2.75. The van der Waals surface area contributed by atoms with Gasteiger partial charge in [0.05, 0.1) is 13.0 Å². The lowest BCUT2D eigenvalue weighted by Gasteiger charge is -2.10. The van der Waals surface area contributed by atoms with Crippen LogP contribution in [0.2, 0.25) is 0 Å². The van der Waals surface area contributed by atoms with Crippen LogP contribution < -0.4 is 11.3 Å². The quantitative estimate of drug-likeness (QED) is 0.677. The summed E-state index contributed by atoms with van der Waals surface area (Å²) in [4.78, 5) is 21.8. The summed E-state index contributed by atoms with van der Waals surface area (Å²) in [5, 5.41) is 8.90. The maximum Gasteiger partial charge on any atom is 0.280 e. The Labute approximate surface area is 101 Å². The molecule has 18 heavy (non-hydrogen) atoms. The molecule has 4 N–H and O–H groups in total. The van der Waals surface area contributed by atoms with Crippen molar-refractivity contribution < 1.29 is 9.50 Å². The van der Waals surface area contributed by atoms with Gasteiger partial charge in [-0.1, -0.05) is 0 Å². The first kappa shape index (κ1) is 12.5. The number of alkyl halides is 1. The molecule has 0 aliphatic carbocycles.